The van der Waals surface area contributed by atoms with E-state index in [4.69, 9.17) is 14.7 Å². The topological polar surface area (TPSA) is 66.8 Å². The van der Waals surface area contributed by atoms with Gasteiger partial charge in [0.1, 0.15) is 0 Å². The van der Waals surface area contributed by atoms with Crippen molar-refractivity contribution in [3.63, 3.8) is 0 Å². The van der Waals surface area contributed by atoms with Crippen molar-refractivity contribution in [1.29, 1.82) is 0 Å². The first-order valence-corrected chi connectivity index (χ1v) is 11.1. The molecule has 160 valence electrons. The quantitative estimate of drug-likeness (QED) is 0.192. The summed E-state index contributed by atoms with van der Waals surface area (Å²) in [5.41, 5.74) is 1.08. The predicted molar refractivity (Wildman–Crippen MR) is 130 cm³/mol. The number of aliphatic imine (C=N–C) groups is 1. The molecule has 1 saturated heterocycles. The summed E-state index contributed by atoms with van der Waals surface area (Å²) in [4.78, 5) is 23.8. The van der Waals surface area contributed by atoms with E-state index in [9.17, 15) is 4.79 Å². The Morgan fingerprint density at radius 1 is 1.38 bits per heavy atom. The zero-order valence-electron chi connectivity index (χ0n) is 17.2. The molecule has 0 amide bonds. The third kappa shape index (κ3) is 6.80. The summed E-state index contributed by atoms with van der Waals surface area (Å²) in [7, 11) is 0. The molecule has 1 fully saturated rings. The maximum Gasteiger partial charge on any atom is 0.310 e. The van der Waals surface area contributed by atoms with Crippen LogP contribution in [0.2, 0.25) is 0 Å². The second-order valence-corrected chi connectivity index (χ2v) is 8.07. The normalized spacial score (nSPS) is 17.1. The SMILES string of the molecule is CCNC(=NCCCc1nc2ccccc2s1)N1CCCC(C(=O)OCC)C1.I. The van der Waals surface area contributed by atoms with Crippen molar-refractivity contribution in [1.82, 2.24) is 15.2 Å². The third-order valence-corrected chi connectivity index (χ3v) is 5.92. The Balaban J connectivity index is 0.00000300. The maximum atomic E-state index is 12.1. The van der Waals surface area contributed by atoms with E-state index in [1.807, 2.05) is 13.0 Å². The number of fused-ring (bicyclic) bond motifs is 1. The average molecular weight is 530 g/mol. The number of likely N-dealkylation sites (tertiary alicyclic amines) is 1. The molecule has 2 aromatic rings. The van der Waals surface area contributed by atoms with Gasteiger partial charge in [0.25, 0.3) is 0 Å². The number of para-hydroxylation sites is 1. The van der Waals surface area contributed by atoms with Gasteiger partial charge in [0.15, 0.2) is 5.96 Å². The monoisotopic (exact) mass is 530 g/mol. The van der Waals surface area contributed by atoms with Gasteiger partial charge in [0.05, 0.1) is 27.7 Å². The van der Waals surface area contributed by atoms with E-state index >= 15 is 0 Å². The number of aryl methyl sites for hydroxylation is 1. The highest BCUT2D eigenvalue weighted by Gasteiger charge is 2.28. The van der Waals surface area contributed by atoms with Gasteiger partial charge in [-0.25, -0.2) is 4.98 Å². The average Bonchev–Trinajstić information content (AvgIpc) is 3.13. The van der Waals surface area contributed by atoms with Crippen LogP contribution in [0.15, 0.2) is 29.3 Å². The third-order valence-electron chi connectivity index (χ3n) is 4.82. The molecular weight excluding hydrogens is 499 g/mol. The van der Waals surface area contributed by atoms with E-state index in [1.54, 1.807) is 11.3 Å². The van der Waals surface area contributed by atoms with E-state index < -0.39 is 0 Å². The van der Waals surface area contributed by atoms with E-state index in [0.717, 1.165) is 56.8 Å². The van der Waals surface area contributed by atoms with E-state index in [2.05, 4.69) is 35.3 Å². The summed E-state index contributed by atoms with van der Waals surface area (Å²) >= 11 is 1.77. The Hall–Kier alpha value is -1.42. The van der Waals surface area contributed by atoms with E-state index in [0.29, 0.717) is 13.2 Å². The fraction of sp³-hybridized carbons (Fsp3) is 0.571. The molecular formula is C21H31IN4O2S. The molecule has 1 unspecified atom stereocenters. The summed E-state index contributed by atoms with van der Waals surface area (Å²) in [5, 5.41) is 4.54. The van der Waals surface area contributed by atoms with E-state index in [1.165, 1.54) is 9.71 Å². The molecule has 0 radical (unpaired) electrons. The first-order valence-electron chi connectivity index (χ1n) is 10.3. The van der Waals surface area contributed by atoms with Crippen LogP contribution >= 0.6 is 35.3 Å². The Labute approximate surface area is 194 Å². The fourth-order valence-corrected chi connectivity index (χ4v) is 4.50. The number of hydrogen-bond acceptors (Lipinski definition) is 5. The molecule has 6 nitrogen and oxygen atoms in total. The lowest BCUT2D eigenvalue weighted by atomic mass is 9.98. The molecule has 0 saturated carbocycles. The lowest BCUT2D eigenvalue weighted by molar-refractivity contribution is -0.149. The number of thiazole rings is 1. The van der Waals surface area contributed by atoms with Crippen LogP contribution in [0.3, 0.4) is 0 Å². The summed E-state index contributed by atoms with van der Waals surface area (Å²) in [5.74, 6) is 0.764. The molecule has 0 bridgehead atoms. The number of benzene rings is 1. The lowest BCUT2D eigenvalue weighted by Crippen LogP contribution is -2.48. The van der Waals surface area contributed by atoms with Gasteiger partial charge in [-0.2, -0.15) is 0 Å². The number of carbonyl (C=O) groups excluding carboxylic acids is 1. The van der Waals surface area contributed by atoms with Crippen molar-refractivity contribution in [2.24, 2.45) is 10.9 Å². The Kier molecular flexibility index (Phi) is 10.1. The molecule has 0 spiro atoms. The van der Waals surface area contributed by atoms with Crippen molar-refractivity contribution in [3.05, 3.63) is 29.3 Å². The maximum absolute atomic E-state index is 12.1. The molecule has 1 atom stereocenters. The highest BCUT2D eigenvalue weighted by Crippen LogP contribution is 2.22. The first-order chi connectivity index (χ1) is 13.7. The zero-order chi connectivity index (χ0) is 19.8. The predicted octanol–water partition coefficient (Wildman–Crippen LogP) is 4.09. The van der Waals surface area contributed by atoms with Crippen molar-refractivity contribution in [2.75, 3.05) is 32.8 Å². The van der Waals surface area contributed by atoms with Crippen molar-refractivity contribution < 1.29 is 9.53 Å². The number of nitrogens with zero attached hydrogens (tertiary/aromatic N) is 3. The molecule has 29 heavy (non-hydrogen) atoms. The Bertz CT molecular complexity index is 778. The number of rotatable bonds is 7. The van der Waals surface area contributed by atoms with Gasteiger partial charge in [-0.3, -0.25) is 9.79 Å². The van der Waals surface area contributed by atoms with Crippen molar-refractivity contribution in [3.8, 4) is 0 Å². The molecule has 0 aliphatic carbocycles. The van der Waals surface area contributed by atoms with Crippen LogP contribution in [0, 0.1) is 5.92 Å². The van der Waals surface area contributed by atoms with Gasteiger partial charge in [-0.05, 0) is 45.2 Å². The molecule has 8 heteroatoms. The number of hydrogen-bond donors (Lipinski definition) is 1. The van der Waals surface area contributed by atoms with Gasteiger partial charge in [0.2, 0.25) is 0 Å². The van der Waals surface area contributed by atoms with Gasteiger partial charge in [-0.15, -0.1) is 35.3 Å². The second kappa shape index (κ2) is 12.3. The smallest absolute Gasteiger partial charge is 0.310 e. The Morgan fingerprint density at radius 2 is 2.21 bits per heavy atom. The van der Waals surface area contributed by atoms with Crippen LogP contribution < -0.4 is 5.32 Å². The minimum Gasteiger partial charge on any atom is -0.466 e. The number of ether oxygens (including phenoxy) is 1. The molecule has 1 aromatic carbocycles. The summed E-state index contributed by atoms with van der Waals surface area (Å²) in [6, 6.07) is 8.27. The van der Waals surface area contributed by atoms with Gasteiger partial charge in [0, 0.05) is 32.6 Å². The fourth-order valence-electron chi connectivity index (χ4n) is 3.49. The second-order valence-electron chi connectivity index (χ2n) is 6.95. The summed E-state index contributed by atoms with van der Waals surface area (Å²) < 4.78 is 6.45. The number of halogens is 1. The molecule has 1 aromatic heterocycles. The van der Waals surface area contributed by atoms with Gasteiger partial charge in [-0.1, -0.05) is 12.1 Å². The highest BCUT2D eigenvalue weighted by atomic mass is 127. The minimum absolute atomic E-state index is 0. The Morgan fingerprint density at radius 3 is 2.97 bits per heavy atom. The molecule has 1 aliphatic rings. The molecule has 1 N–H and O–H groups in total. The summed E-state index contributed by atoms with van der Waals surface area (Å²) in [6.45, 7) is 7.55. The lowest BCUT2D eigenvalue weighted by Gasteiger charge is -2.34. The largest absolute Gasteiger partial charge is 0.466 e. The number of carbonyl (C=O) groups is 1. The van der Waals surface area contributed by atoms with E-state index in [-0.39, 0.29) is 35.9 Å². The number of esters is 1. The minimum atomic E-state index is -0.0844. The number of guanidine groups is 1. The standard InChI is InChI=1S/C21H30N4O2S.HI/c1-3-22-21(25-14-8-9-16(15-25)20(26)27-4-2)23-13-7-12-19-24-17-10-5-6-11-18(17)28-19;/h5-6,10-11,16H,3-4,7-9,12-15H2,1-2H3,(H,22,23);1H. The van der Waals surface area contributed by atoms with Crippen molar-refractivity contribution in [2.45, 2.75) is 39.5 Å². The van der Waals surface area contributed by atoms with Gasteiger partial charge >= 0.3 is 5.97 Å². The number of aromatic nitrogens is 1. The molecule has 3 rings (SSSR count). The van der Waals surface area contributed by atoms with Gasteiger partial charge < -0.3 is 15.0 Å². The zero-order valence-corrected chi connectivity index (χ0v) is 20.4. The summed E-state index contributed by atoms with van der Waals surface area (Å²) in [6.07, 6.45) is 3.78. The van der Waals surface area contributed by atoms with Crippen LogP contribution in [0.1, 0.15) is 38.1 Å². The van der Waals surface area contributed by atoms with Crippen LogP contribution in [0.5, 0.6) is 0 Å². The van der Waals surface area contributed by atoms with Crippen LogP contribution in [-0.4, -0.2) is 54.6 Å². The molecule has 2 heterocycles. The number of nitrogens with one attached hydrogen (secondary N) is 1. The van der Waals surface area contributed by atoms with Crippen molar-refractivity contribution >= 4 is 57.5 Å². The van der Waals surface area contributed by atoms with Crippen LogP contribution in [0.4, 0.5) is 0 Å². The highest BCUT2D eigenvalue weighted by molar-refractivity contribution is 14.0. The number of piperidine rings is 1. The molecule has 1 aliphatic heterocycles. The van der Waals surface area contributed by atoms with Crippen LogP contribution in [-0.2, 0) is 16.0 Å². The first kappa shape index (κ1) is 23.9. The van der Waals surface area contributed by atoms with Crippen LogP contribution in [0.25, 0.3) is 10.2 Å².